The Morgan fingerprint density at radius 3 is 2.51 bits per heavy atom. The van der Waals surface area contributed by atoms with Crippen LogP contribution < -0.4 is 15.0 Å². The average Bonchev–Trinajstić information content (AvgIpc) is 3.29. The molecule has 2 aromatic rings. The van der Waals surface area contributed by atoms with E-state index in [4.69, 9.17) is 0 Å². The lowest BCUT2D eigenvalue weighted by Gasteiger charge is -2.31. The highest BCUT2D eigenvalue weighted by molar-refractivity contribution is 7.15. The molecular weight excluding hydrogens is 513 g/mol. The minimum absolute atomic E-state index is 0.0125. The van der Waals surface area contributed by atoms with Crippen molar-refractivity contribution >= 4 is 33.8 Å². The number of aliphatic hydroxyl groups is 1. The summed E-state index contributed by atoms with van der Waals surface area (Å²) in [5.41, 5.74) is -0.116. The number of alkyl halides is 3. The molecule has 0 saturated carbocycles. The number of piperidine rings is 1. The van der Waals surface area contributed by atoms with Gasteiger partial charge in [-0.3, -0.25) is 14.5 Å². The van der Waals surface area contributed by atoms with Crippen molar-refractivity contribution in [2.75, 3.05) is 63.1 Å². The smallest absolute Gasteiger partial charge is 0.404 e. The predicted molar refractivity (Wildman–Crippen MR) is 131 cm³/mol. The molecule has 10 nitrogen and oxygen atoms in total. The predicted octanol–water partition coefficient (Wildman–Crippen LogP) is 2.01. The van der Waals surface area contributed by atoms with Crippen LogP contribution in [-0.2, 0) is 11.2 Å². The number of anilines is 2. The highest BCUT2D eigenvalue weighted by Gasteiger charge is 2.33. The summed E-state index contributed by atoms with van der Waals surface area (Å²) in [4.78, 5) is 31.6. The summed E-state index contributed by atoms with van der Waals surface area (Å²) in [5, 5.41) is 21.5. The van der Waals surface area contributed by atoms with Gasteiger partial charge in [0.1, 0.15) is 5.01 Å². The topological polar surface area (TPSA) is 111 Å². The van der Waals surface area contributed by atoms with Crippen LogP contribution in [0.3, 0.4) is 0 Å². The lowest BCUT2D eigenvalue weighted by Crippen LogP contribution is -2.47. The zero-order valence-electron chi connectivity index (χ0n) is 20.3. The number of aromatic nitrogens is 2. The van der Waals surface area contributed by atoms with Gasteiger partial charge in [0.15, 0.2) is 11.5 Å². The van der Waals surface area contributed by atoms with Crippen molar-refractivity contribution in [2.45, 2.75) is 31.7 Å². The van der Waals surface area contributed by atoms with Crippen LogP contribution in [0, 0.1) is 0 Å². The molecule has 2 fully saturated rings. The number of ether oxygens (including phenoxy) is 1. The second kappa shape index (κ2) is 11.7. The van der Waals surface area contributed by atoms with Crippen molar-refractivity contribution < 1.29 is 32.6 Å². The number of nitrogens with zero attached hydrogens (tertiary/aromatic N) is 5. The third-order valence-electron chi connectivity index (χ3n) is 6.27. The van der Waals surface area contributed by atoms with Gasteiger partial charge < -0.3 is 25.0 Å². The first kappa shape index (κ1) is 27.2. The Kier molecular flexibility index (Phi) is 8.62. The van der Waals surface area contributed by atoms with Crippen molar-refractivity contribution in [3.8, 4) is 5.75 Å². The second-order valence-electron chi connectivity index (χ2n) is 9.18. The van der Waals surface area contributed by atoms with Gasteiger partial charge in [0.25, 0.3) is 0 Å². The molecular formula is C23H29F3N6O4S. The lowest BCUT2D eigenvalue weighted by molar-refractivity contribution is -0.274. The van der Waals surface area contributed by atoms with Gasteiger partial charge in [-0.25, -0.2) is 0 Å². The minimum atomic E-state index is -4.96. The SMILES string of the molecule is CN1CCN(CC(=O)Nc2cc(C(=O)Cc3nnc(N4CCC(O)CC4)s3)ccc2OC(F)(F)F)CC1. The number of halogens is 3. The largest absolute Gasteiger partial charge is 0.573 e. The van der Waals surface area contributed by atoms with Gasteiger partial charge in [-0.15, -0.1) is 23.4 Å². The van der Waals surface area contributed by atoms with E-state index in [1.54, 1.807) is 0 Å². The molecule has 0 unspecified atom stereocenters. The van der Waals surface area contributed by atoms with Crippen molar-refractivity contribution in [1.29, 1.82) is 0 Å². The molecule has 1 amide bonds. The number of carbonyl (C=O) groups is 2. The van der Waals surface area contributed by atoms with E-state index in [0.717, 1.165) is 19.2 Å². The number of hydrogen-bond donors (Lipinski definition) is 2. The number of nitrogens with one attached hydrogen (secondary N) is 1. The second-order valence-corrected chi connectivity index (χ2v) is 10.2. The Morgan fingerprint density at radius 2 is 1.84 bits per heavy atom. The Morgan fingerprint density at radius 1 is 1.14 bits per heavy atom. The Bertz CT molecular complexity index is 1100. The van der Waals surface area contributed by atoms with Gasteiger partial charge in [-0.05, 0) is 38.1 Å². The van der Waals surface area contributed by atoms with E-state index >= 15 is 0 Å². The van der Waals surface area contributed by atoms with Crippen LogP contribution in [-0.4, -0.2) is 102 Å². The number of aliphatic hydroxyl groups excluding tert-OH is 1. The van der Waals surface area contributed by atoms with E-state index in [1.165, 1.54) is 23.5 Å². The fourth-order valence-electron chi connectivity index (χ4n) is 4.15. The van der Waals surface area contributed by atoms with E-state index in [-0.39, 0.29) is 36.1 Å². The number of hydrogen-bond acceptors (Lipinski definition) is 10. The maximum Gasteiger partial charge on any atom is 0.573 e. The number of Topliss-reactive ketones (excluding diaryl/α,β-unsaturated/α-hetero) is 1. The summed E-state index contributed by atoms with van der Waals surface area (Å²) in [6.45, 7) is 4.19. The molecule has 0 atom stereocenters. The Labute approximate surface area is 216 Å². The molecule has 4 rings (SSSR count). The molecule has 1 aromatic carbocycles. The minimum Gasteiger partial charge on any atom is -0.404 e. The number of ketones is 1. The van der Waals surface area contributed by atoms with Crippen molar-refractivity contribution in [3.63, 3.8) is 0 Å². The molecule has 0 bridgehead atoms. The van der Waals surface area contributed by atoms with Crippen LogP contribution in [0.4, 0.5) is 24.0 Å². The monoisotopic (exact) mass is 542 g/mol. The molecule has 2 saturated heterocycles. The summed E-state index contributed by atoms with van der Waals surface area (Å²) >= 11 is 1.26. The maximum absolute atomic E-state index is 12.9. The molecule has 1 aromatic heterocycles. The van der Waals surface area contributed by atoms with E-state index < -0.39 is 18.0 Å². The summed E-state index contributed by atoms with van der Waals surface area (Å²) in [6.07, 6.45) is -4.13. The van der Waals surface area contributed by atoms with Crippen molar-refractivity contribution in [1.82, 2.24) is 20.0 Å². The number of carbonyl (C=O) groups excluding carboxylic acids is 2. The lowest BCUT2D eigenvalue weighted by atomic mass is 10.1. The van der Waals surface area contributed by atoms with Crippen LogP contribution in [0.1, 0.15) is 28.2 Å². The standard InChI is InChI=1S/C23H29F3N6O4S/c1-30-8-10-31(11-9-30)14-20(35)27-17-12-15(2-3-19(17)36-23(24,25)26)18(34)13-21-28-29-22(37-21)32-6-4-16(33)5-7-32/h2-3,12,16,33H,4-11,13-14H2,1H3,(H,27,35). The van der Waals surface area contributed by atoms with E-state index in [1.807, 2.05) is 16.8 Å². The fraction of sp³-hybridized carbons (Fsp3) is 0.565. The van der Waals surface area contributed by atoms with Crippen LogP contribution >= 0.6 is 11.3 Å². The number of rotatable bonds is 8. The van der Waals surface area contributed by atoms with E-state index in [2.05, 4.69) is 25.2 Å². The van der Waals surface area contributed by atoms with Crippen LogP contribution in [0.25, 0.3) is 0 Å². The van der Waals surface area contributed by atoms with E-state index in [0.29, 0.717) is 49.2 Å². The normalized spacial score (nSPS) is 18.1. The molecule has 202 valence electrons. The molecule has 14 heteroatoms. The first-order valence-electron chi connectivity index (χ1n) is 11.9. The summed E-state index contributed by atoms with van der Waals surface area (Å²) in [5.74, 6) is -1.48. The number of amides is 1. The average molecular weight is 543 g/mol. The summed E-state index contributed by atoms with van der Waals surface area (Å²) < 4.78 is 42.9. The van der Waals surface area contributed by atoms with Crippen LogP contribution in [0.2, 0.25) is 0 Å². The highest BCUT2D eigenvalue weighted by atomic mass is 32.1. The van der Waals surface area contributed by atoms with Gasteiger partial charge in [0.05, 0.1) is 24.8 Å². The Balaban J connectivity index is 1.44. The molecule has 37 heavy (non-hydrogen) atoms. The zero-order chi connectivity index (χ0) is 26.6. The first-order chi connectivity index (χ1) is 17.6. The number of piperazine rings is 1. The molecule has 2 aliphatic heterocycles. The Hall–Kier alpha value is -2.81. The van der Waals surface area contributed by atoms with E-state index in [9.17, 15) is 27.9 Å². The summed E-state index contributed by atoms with van der Waals surface area (Å²) in [6, 6.07) is 3.45. The fourth-order valence-corrected chi connectivity index (χ4v) is 5.04. The highest BCUT2D eigenvalue weighted by Crippen LogP contribution is 2.32. The van der Waals surface area contributed by atoms with Crippen LogP contribution in [0.15, 0.2) is 18.2 Å². The molecule has 0 aliphatic carbocycles. The van der Waals surface area contributed by atoms with Gasteiger partial charge in [-0.2, -0.15) is 0 Å². The molecule has 2 aliphatic rings. The van der Waals surface area contributed by atoms with Gasteiger partial charge in [0.2, 0.25) is 11.0 Å². The van der Waals surface area contributed by atoms with Gasteiger partial charge in [0, 0.05) is 44.8 Å². The maximum atomic E-state index is 12.9. The molecule has 0 spiro atoms. The van der Waals surface area contributed by atoms with Gasteiger partial charge in [-0.1, -0.05) is 11.3 Å². The summed E-state index contributed by atoms with van der Waals surface area (Å²) in [7, 11) is 1.97. The van der Waals surface area contributed by atoms with Crippen LogP contribution in [0.5, 0.6) is 5.75 Å². The molecule has 2 N–H and O–H groups in total. The first-order valence-corrected chi connectivity index (χ1v) is 12.8. The van der Waals surface area contributed by atoms with Gasteiger partial charge >= 0.3 is 6.36 Å². The zero-order valence-corrected chi connectivity index (χ0v) is 21.1. The van der Waals surface area contributed by atoms with Crippen molar-refractivity contribution in [3.05, 3.63) is 28.8 Å². The molecule has 0 radical (unpaired) electrons. The third-order valence-corrected chi connectivity index (χ3v) is 7.25. The number of benzene rings is 1. The molecule has 3 heterocycles. The quantitative estimate of drug-likeness (QED) is 0.484. The van der Waals surface area contributed by atoms with Crippen molar-refractivity contribution in [2.24, 2.45) is 0 Å². The third kappa shape index (κ3) is 7.84. The number of likely N-dealkylation sites (N-methyl/N-ethyl adjacent to an activating group) is 1.